The van der Waals surface area contributed by atoms with Gasteiger partial charge in [0.15, 0.2) is 0 Å². The van der Waals surface area contributed by atoms with Crippen LogP contribution < -0.4 is 103 Å². The molecule has 0 atom stereocenters. The van der Waals surface area contributed by atoms with Gasteiger partial charge in [0.2, 0.25) is 0 Å². The molecular formula is HNNa3O7P. The van der Waals surface area contributed by atoms with Gasteiger partial charge in [-0.15, -0.1) is 10.1 Å². The molecule has 0 fully saturated rings. The fraction of sp³-hybridized carbons (Fsp3) is 0. The largest absolute Gasteiger partial charge is 1.00 e. The molecule has 0 saturated carbocycles. The zero-order valence-corrected chi connectivity index (χ0v) is 13.7. The van der Waals surface area contributed by atoms with E-state index >= 15 is 0 Å². The first-order valence-corrected chi connectivity index (χ1v) is 2.76. The normalized spacial score (nSPS) is 6.92. The monoisotopic (exact) mass is 227 g/mol. The van der Waals surface area contributed by atoms with Crippen LogP contribution in [0.1, 0.15) is 0 Å². The van der Waals surface area contributed by atoms with Crippen LogP contribution in [0.5, 0.6) is 0 Å². The number of rotatable bonds is 0. The van der Waals surface area contributed by atoms with Crippen molar-refractivity contribution < 1.29 is 118 Å². The Hall–Kier alpha value is 2.31. The van der Waals surface area contributed by atoms with Crippen LogP contribution >= 0.6 is 7.82 Å². The molecule has 0 spiro atoms. The minimum atomic E-state index is -5.39. The summed E-state index contributed by atoms with van der Waals surface area (Å²) in [5.41, 5.74) is 0. The second-order valence-electron chi connectivity index (χ2n) is 0.685. The van der Waals surface area contributed by atoms with Gasteiger partial charge in [0.1, 0.15) is 0 Å². The summed E-state index contributed by atoms with van der Waals surface area (Å²) in [6, 6.07) is 0. The maximum absolute atomic E-state index is 8.55. The van der Waals surface area contributed by atoms with Crippen molar-refractivity contribution in [1.82, 2.24) is 0 Å². The summed E-state index contributed by atoms with van der Waals surface area (Å²) in [6.07, 6.45) is 0. The predicted octanol–water partition coefficient (Wildman–Crippen LogP) is -12.2. The van der Waals surface area contributed by atoms with E-state index in [1.807, 2.05) is 0 Å². The number of hydrogen-bond donors (Lipinski definition) is 1. The van der Waals surface area contributed by atoms with Gasteiger partial charge in [-0.2, -0.15) is 7.82 Å². The Bertz CT molecular complexity index is 118. The van der Waals surface area contributed by atoms with Crippen molar-refractivity contribution in [3.63, 3.8) is 0 Å². The Morgan fingerprint density at radius 2 is 1.08 bits per heavy atom. The van der Waals surface area contributed by atoms with Crippen LogP contribution in [0.2, 0.25) is 0 Å². The zero-order valence-electron chi connectivity index (χ0n) is 6.79. The smallest absolute Gasteiger partial charge is 0.822 e. The summed E-state index contributed by atoms with van der Waals surface area (Å²) in [5.74, 6) is 0. The second-order valence-corrected chi connectivity index (χ2v) is 1.58. The van der Waals surface area contributed by atoms with Gasteiger partial charge in [-0.3, -0.25) is 0 Å². The van der Waals surface area contributed by atoms with Gasteiger partial charge >= 0.3 is 88.7 Å². The summed E-state index contributed by atoms with van der Waals surface area (Å²) < 4.78 is 8.55. The quantitative estimate of drug-likeness (QED) is 0.187. The average molecular weight is 227 g/mol. The van der Waals surface area contributed by atoms with Crippen LogP contribution in [0.4, 0.5) is 0 Å². The minimum Gasteiger partial charge on any atom is -0.822 e. The van der Waals surface area contributed by atoms with E-state index in [0.717, 1.165) is 0 Å². The molecule has 0 rings (SSSR count). The molecular weight excluding hydrogens is 226 g/mol. The first kappa shape index (κ1) is 29.2. The molecule has 0 unspecified atom stereocenters. The molecule has 0 aliphatic carbocycles. The molecule has 12 heteroatoms. The van der Waals surface area contributed by atoms with Crippen molar-refractivity contribution in [2.45, 2.75) is 0 Å². The molecule has 0 saturated heterocycles. The van der Waals surface area contributed by atoms with E-state index in [1.165, 1.54) is 0 Å². The third-order valence-electron chi connectivity index (χ3n) is 0. The standard InChI is InChI=1S/HNO3.3Na.H3O4P/c2-1(3)4;;;;1-5(2,3)4/h(H,2,3,4);;;;(H3,1,2,3,4)/q;3*+1;/p-3. The van der Waals surface area contributed by atoms with Crippen LogP contribution in [0.15, 0.2) is 0 Å². The van der Waals surface area contributed by atoms with Crippen molar-refractivity contribution in [1.29, 1.82) is 0 Å². The third-order valence-corrected chi connectivity index (χ3v) is 0. The van der Waals surface area contributed by atoms with Crippen LogP contribution in [-0.2, 0) is 4.57 Å². The topological polar surface area (TPSA) is 150 Å². The molecule has 0 aliphatic heterocycles. The van der Waals surface area contributed by atoms with Crippen molar-refractivity contribution >= 4 is 7.82 Å². The first-order valence-electron chi connectivity index (χ1n) is 1.30. The zero-order chi connectivity index (χ0) is 8.08. The van der Waals surface area contributed by atoms with Gasteiger partial charge in [0.25, 0.3) is 5.09 Å². The summed E-state index contributed by atoms with van der Waals surface area (Å²) in [5, 5.41) is 13.6. The molecule has 0 aromatic rings. The van der Waals surface area contributed by atoms with Crippen LogP contribution in [0, 0.1) is 10.1 Å². The summed E-state index contributed by atoms with van der Waals surface area (Å²) in [7, 11) is -5.39. The van der Waals surface area contributed by atoms with Gasteiger partial charge < -0.3 is 24.5 Å². The Kier molecular flexibility index (Phi) is 38.4. The Morgan fingerprint density at radius 3 is 1.08 bits per heavy atom. The number of nitrogens with zero attached hydrogens (tertiary/aromatic N) is 1. The molecule has 0 aliphatic rings. The van der Waals surface area contributed by atoms with Crippen molar-refractivity contribution in [3.8, 4) is 0 Å². The van der Waals surface area contributed by atoms with Crippen LogP contribution in [-0.4, -0.2) is 10.3 Å². The summed E-state index contributed by atoms with van der Waals surface area (Å²) in [6.45, 7) is 0. The van der Waals surface area contributed by atoms with Gasteiger partial charge in [0, 0.05) is 0 Å². The fourth-order valence-electron chi connectivity index (χ4n) is 0. The third kappa shape index (κ3) is 295. The molecule has 0 heterocycles. The minimum absolute atomic E-state index is 0. The van der Waals surface area contributed by atoms with Gasteiger partial charge in [-0.25, -0.2) is 0 Å². The number of phosphoric acid groups is 1. The average Bonchev–Trinajstić information content (AvgIpc) is 1.19. The van der Waals surface area contributed by atoms with E-state index in [1.54, 1.807) is 0 Å². The van der Waals surface area contributed by atoms with Crippen molar-refractivity contribution in [3.05, 3.63) is 10.1 Å². The van der Waals surface area contributed by atoms with E-state index in [9.17, 15) is 0 Å². The fourth-order valence-corrected chi connectivity index (χ4v) is 0. The maximum Gasteiger partial charge on any atom is 1.00 e. The van der Waals surface area contributed by atoms with Crippen LogP contribution in [0.25, 0.3) is 0 Å². The van der Waals surface area contributed by atoms with E-state index in [2.05, 4.69) is 0 Å². The molecule has 0 radical (unpaired) electrons. The number of hydrogen-bond acceptors (Lipinski definition) is 6. The Balaban J connectivity index is -0.0000000221. The van der Waals surface area contributed by atoms with Gasteiger partial charge in [-0.05, 0) is 0 Å². The SMILES string of the molecule is O=P([O-])([O-])[O-].O=[N+]([O-])O.[Na+].[Na+].[Na+]. The van der Waals surface area contributed by atoms with E-state index in [0.29, 0.717) is 0 Å². The van der Waals surface area contributed by atoms with Gasteiger partial charge in [-0.1, -0.05) is 0 Å². The molecule has 1 N–H and O–H groups in total. The summed E-state index contributed by atoms with van der Waals surface area (Å²) >= 11 is 0. The van der Waals surface area contributed by atoms with E-state index < -0.39 is 12.9 Å². The van der Waals surface area contributed by atoms with Crippen molar-refractivity contribution in [2.75, 3.05) is 0 Å². The molecule has 0 aromatic carbocycles. The maximum atomic E-state index is 8.55. The molecule has 0 bridgehead atoms. The molecule has 8 nitrogen and oxygen atoms in total. The van der Waals surface area contributed by atoms with E-state index in [-0.39, 0.29) is 88.7 Å². The van der Waals surface area contributed by atoms with Crippen LogP contribution in [0.3, 0.4) is 0 Å². The van der Waals surface area contributed by atoms with E-state index in [4.69, 9.17) is 34.6 Å². The summed E-state index contributed by atoms with van der Waals surface area (Å²) in [4.78, 5) is 34.0. The first-order chi connectivity index (χ1) is 3.73. The molecule has 12 heavy (non-hydrogen) atoms. The van der Waals surface area contributed by atoms with Crippen molar-refractivity contribution in [2.24, 2.45) is 0 Å². The Morgan fingerprint density at radius 1 is 1.08 bits per heavy atom. The second kappa shape index (κ2) is 15.8. The molecule has 0 aromatic heterocycles. The molecule has 56 valence electrons. The molecule has 0 amide bonds. The predicted molar refractivity (Wildman–Crippen MR) is 16.4 cm³/mol. The Labute approximate surface area is 134 Å². The van der Waals surface area contributed by atoms with Gasteiger partial charge in [0.05, 0.1) is 0 Å².